The molecule has 0 fully saturated rings. The molecule has 1 aliphatic heterocycles. The van der Waals surface area contributed by atoms with Crippen LogP contribution >= 0.6 is 0 Å². The van der Waals surface area contributed by atoms with Crippen molar-refractivity contribution in [2.24, 2.45) is 5.92 Å². The van der Waals surface area contributed by atoms with Crippen LogP contribution in [-0.2, 0) is 27.0 Å². The minimum atomic E-state index is -4.42. The van der Waals surface area contributed by atoms with E-state index in [1.165, 1.54) is 24.1 Å². The largest absolute Gasteiger partial charge is 0.469 e. The number of nitrogens with zero attached hydrogens (tertiary/aromatic N) is 1. The number of hydrogen-bond acceptors (Lipinski definition) is 4. The highest BCUT2D eigenvalue weighted by molar-refractivity contribution is 5.85. The van der Waals surface area contributed by atoms with Crippen LogP contribution < -0.4 is 0 Å². The Hall–Kier alpha value is -2.61. The minimum Gasteiger partial charge on any atom is -0.469 e. The van der Waals surface area contributed by atoms with Crippen molar-refractivity contribution in [2.45, 2.75) is 38.1 Å². The van der Waals surface area contributed by atoms with Crippen LogP contribution in [0.2, 0.25) is 0 Å². The van der Waals surface area contributed by atoms with E-state index in [4.69, 9.17) is 4.74 Å². The Kier molecular flexibility index (Phi) is 6.12. The summed E-state index contributed by atoms with van der Waals surface area (Å²) in [4.78, 5) is 26.4. The van der Waals surface area contributed by atoms with Gasteiger partial charge in [0.05, 0.1) is 31.1 Å². The lowest BCUT2D eigenvalue weighted by Crippen LogP contribution is -2.36. The predicted molar refractivity (Wildman–Crippen MR) is 98.4 cm³/mol. The number of benzene rings is 1. The third kappa shape index (κ3) is 5.06. The number of hydrogen-bond donors (Lipinski definition) is 1. The number of alkyl halides is 3. The number of aliphatic hydroxyl groups excluding tert-OH is 1. The molecule has 2 atom stereocenters. The van der Waals surface area contributed by atoms with Crippen molar-refractivity contribution in [3.05, 3.63) is 58.7 Å². The first kappa shape index (κ1) is 21.1. The van der Waals surface area contributed by atoms with Gasteiger partial charge in [0.15, 0.2) is 0 Å². The molecule has 2 unspecified atom stereocenters. The molecule has 1 aromatic carbocycles. The molecular weight excluding hydrogens is 387 g/mol. The topological polar surface area (TPSA) is 66.8 Å². The first-order chi connectivity index (χ1) is 13.7. The molecular formula is C21H22F3NO4. The first-order valence-corrected chi connectivity index (χ1v) is 9.26. The number of carbonyl (C=O) groups excluding carboxylic acids is 2. The van der Waals surface area contributed by atoms with Crippen LogP contribution in [0.15, 0.2) is 47.6 Å². The highest BCUT2D eigenvalue weighted by atomic mass is 19.4. The highest BCUT2D eigenvalue weighted by Gasteiger charge is 2.34. The summed E-state index contributed by atoms with van der Waals surface area (Å²) in [6.45, 7) is 0.374. The lowest BCUT2D eigenvalue weighted by molar-refractivity contribution is -0.146. The summed E-state index contributed by atoms with van der Waals surface area (Å²) in [7, 11) is 1.26. The summed E-state index contributed by atoms with van der Waals surface area (Å²) in [5.74, 6) is -1.38. The SMILES string of the molecule is COC(=O)CC1CC2=C(CC(O)C=C2)CN(Cc2ccc(C(F)(F)F)cc2)C1=O. The van der Waals surface area contributed by atoms with Crippen molar-refractivity contribution >= 4 is 11.9 Å². The van der Waals surface area contributed by atoms with Gasteiger partial charge in [-0.3, -0.25) is 9.59 Å². The second-order valence-corrected chi connectivity index (χ2v) is 7.33. The lowest BCUT2D eigenvalue weighted by atomic mass is 9.89. The van der Waals surface area contributed by atoms with E-state index in [9.17, 15) is 27.9 Å². The lowest BCUT2D eigenvalue weighted by Gasteiger charge is -2.26. The molecule has 0 aromatic heterocycles. The van der Waals surface area contributed by atoms with Gasteiger partial charge in [0.2, 0.25) is 5.91 Å². The number of rotatable bonds is 4. The zero-order valence-corrected chi connectivity index (χ0v) is 15.9. The molecule has 1 N–H and O–H groups in total. The van der Waals surface area contributed by atoms with E-state index in [2.05, 4.69) is 0 Å². The molecule has 1 aliphatic carbocycles. The minimum absolute atomic E-state index is 0.0774. The zero-order valence-electron chi connectivity index (χ0n) is 15.9. The maximum absolute atomic E-state index is 13.1. The van der Waals surface area contributed by atoms with Gasteiger partial charge in [0, 0.05) is 19.5 Å². The monoisotopic (exact) mass is 409 g/mol. The maximum atomic E-state index is 13.1. The van der Waals surface area contributed by atoms with E-state index in [1.807, 2.05) is 0 Å². The second-order valence-electron chi connectivity index (χ2n) is 7.33. The van der Waals surface area contributed by atoms with Gasteiger partial charge in [-0.15, -0.1) is 0 Å². The van der Waals surface area contributed by atoms with Crippen molar-refractivity contribution in [3.8, 4) is 0 Å². The number of allylic oxidation sites excluding steroid dienone is 2. The van der Waals surface area contributed by atoms with Crippen molar-refractivity contribution < 1.29 is 32.6 Å². The molecule has 0 spiro atoms. The molecule has 1 heterocycles. The summed E-state index contributed by atoms with van der Waals surface area (Å²) in [5, 5.41) is 9.93. The normalized spacial score (nSPS) is 22.4. The number of halogens is 3. The highest BCUT2D eigenvalue weighted by Crippen LogP contribution is 2.33. The summed E-state index contributed by atoms with van der Waals surface area (Å²) >= 11 is 0. The van der Waals surface area contributed by atoms with Gasteiger partial charge < -0.3 is 14.7 Å². The summed E-state index contributed by atoms with van der Waals surface area (Å²) < 4.78 is 43.0. The van der Waals surface area contributed by atoms with Gasteiger partial charge in [-0.05, 0) is 35.3 Å². The van der Waals surface area contributed by atoms with Gasteiger partial charge in [-0.2, -0.15) is 13.2 Å². The van der Waals surface area contributed by atoms with Crippen LogP contribution in [0, 0.1) is 5.92 Å². The molecule has 156 valence electrons. The summed E-state index contributed by atoms with van der Waals surface area (Å²) in [5.41, 5.74) is 1.61. The zero-order chi connectivity index (χ0) is 21.2. The molecule has 29 heavy (non-hydrogen) atoms. The van der Waals surface area contributed by atoms with Crippen molar-refractivity contribution in [2.75, 3.05) is 13.7 Å². The van der Waals surface area contributed by atoms with Crippen LogP contribution in [0.3, 0.4) is 0 Å². The third-order valence-electron chi connectivity index (χ3n) is 5.23. The van der Waals surface area contributed by atoms with E-state index in [1.54, 1.807) is 12.2 Å². The standard InChI is InChI=1S/C21H22F3NO4/c1-29-19(27)10-15-8-14-4-7-18(26)9-16(14)12-25(20(15)28)11-13-2-5-17(6-3-13)21(22,23)24/h2-7,15,18,26H,8-12H2,1H3. The summed E-state index contributed by atoms with van der Waals surface area (Å²) in [6, 6.07) is 4.67. The smallest absolute Gasteiger partial charge is 0.416 e. The number of aliphatic hydroxyl groups is 1. The van der Waals surface area contributed by atoms with Gasteiger partial charge in [0.25, 0.3) is 0 Å². The van der Waals surface area contributed by atoms with Crippen molar-refractivity contribution in [1.82, 2.24) is 4.90 Å². The molecule has 1 aromatic rings. The van der Waals surface area contributed by atoms with E-state index in [-0.39, 0.29) is 25.4 Å². The van der Waals surface area contributed by atoms with Crippen LogP contribution in [0.5, 0.6) is 0 Å². The first-order valence-electron chi connectivity index (χ1n) is 9.26. The van der Waals surface area contributed by atoms with Crippen LogP contribution in [-0.4, -0.2) is 41.6 Å². The van der Waals surface area contributed by atoms with Gasteiger partial charge in [-0.25, -0.2) is 0 Å². The number of carbonyl (C=O) groups is 2. The molecule has 0 bridgehead atoms. The molecule has 0 radical (unpaired) electrons. The van der Waals surface area contributed by atoms with E-state index >= 15 is 0 Å². The Morgan fingerprint density at radius 3 is 2.55 bits per heavy atom. The second kappa shape index (κ2) is 8.41. The molecule has 2 aliphatic rings. The fourth-order valence-electron chi connectivity index (χ4n) is 3.69. The fraction of sp³-hybridized carbons (Fsp3) is 0.429. The van der Waals surface area contributed by atoms with Gasteiger partial charge in [0.1, 0.15) is 0 Å². The molecule has 5 nitrogen and oxygen atoms in total. The molecule has 0 saturated heterocycles. The molecule has 1 amide bonds. The van der Waals surface area contributed by atoms with Crippen molar-refractivity contribution in [1.29, 1.82) is 0 Å². The Bertz CT molecular complexity index is 842. The van der Waals surface area contributed by atoms with Gasteiger partial charge >= 0.3 is 12.1 Å². The third-order valence-corrected chi connectivity index (χ3v) is 5.23. The summed E-state index contributed by atoms with van der Waals surface area (Å²) in [6.07, 6.45) is -0.969. The molecule has 8 heteroatoms. The van der Waals surface area contributed by atoms with Crippen LogP contribution in [0.1, 0.15) is 30.4 Å². The number of amides is 1. The Morgan fingerprint density at radius 1 is 1.24 bits per heavy atom. The number of esters is 1. The predicted octanol–water partition coefficient (Wildman–Crippen LogP) is 3.23. The Labute approximate surface area is 166 Å². The van der Waals surface area contributed by atoms with Crippen molar-refractivity contribution in [3.63, 3.8) is 0 Å². The van der Waals surface area contributed by atoms with E-state index < -0.39 is 29.7 Å². The quantitative estimate of drug-likeness (QED) is 0.776. The molecule has 3 rings (SSSR count). The average molecular weight is 409 g/mol. The number of ether oxygens (including phenoxy) is 1. The maximum Gasteiger partial charge on any atom is 0.416 e. The Balaban J connectivity index is 1.85. The Morgan fingerprint density at radius 2 is 1.93 bits per heavy atom. The van der Waals surface area contributed by atoms with Crippen LogP contribution in [0.4, 0.5) is 13.2 Å². The average Bonchev–Trinajstić information content (AvgIpc) is 2.79. The number of methoxy groups -OCH3 is 1. The van der Waals surface area contributed by atoms with Crippen LogP contribution in [0.25, 0.3) is 0 Å². The van der Waals surface area contributed by atoms with E-state index in [0.717, 1.165) is 23.3 Å². The van der Waals surface area contributed by atoms with E-state index in [0.29, 0.717) is 18.4 Å². The molecule has 0 saturated carbocycles. The fourth-order valence-corrected chi connectivity index (χ4v) is 3.69. The van der Waals surface area contributed by atoms with Gasteiger partial charge in [-0.1, -0.05) is 24.3 Å².